The van der Waals surface area contributed by atoms with Crippen molar-refractivity contribution in [3.63, 3.8) is 0 Å². The van der Waals surface area contributed by atoms with Gasteiger partial charge in [0.2, 0.25) is 11.8 Å². The Morgan fingerprint density at radius 1 is 1.03 bits per heavy atom. The summed E-state index contributed by atoms with van der Waals surface area (Å²) in [5.74, 6) is -0.799. The molecular weight excluding hydrogens is 412 g/mol. The number of imide groups is 1. The molecule has 32 heavy (non-hydrogen) atoms. The van der Waals surface area contributed by atoms with E-state index in [1.165, 1.54) is 12.1 Å². The molecule has 8 nitrogen and oxygen atoms in total. The Labute approximate surface area is 185 Å². The van der Waals surface area contributed by atoms with Crippen LogP contribution < -0.4 is 9.64 Å². The normalized spacial score (nSPS) is 15.6. The van der Waals surface area contributed by atoms with E-state index in [4.69, 9.17) is 9.47 Å². The fourth-order valence-corrected chi connectivity index (χ4v) is 3.66. The van der Waals surface area contributed by atoms with Gasteiger partial charge in [-0.3, -0.25) is 19.3 Å². The molecule has 2 aliphatic rings. The lowest BCUT2D eigenvalue weighted by molar-refractivity contribution is -0.135. The molecule has 3 amide bonds. The van der Waals surface area contributed by atoms with E-state index in [9.17, 15) is 19.2 Å². The summed E-state index contributed by atoms with van der Waals surface area (Å²) in [6.45, 7) is 0.0526. The van der Waals surface area contributed by atoms with Crippen LogP contribution in [0.25, 0.3) is 0 Å². The molecule has 0 radical (unpaired) electrons. The Bertz CT molecular complexity index is 1030. The molecule has 0 aromatic heterocycles. The fraction of sp³-hybridized carbons (Fsp3) is 0.333. The Kier molecular flexibility index (Phi) is 6.20. The second-order valence-corrected chi connectivity index (χ2v) is 7.85. The summed E-state index contributed by atoms with van der Waals surface area (Å²) in [4.78, 5) is 52.0. The highest BCUT2D eigenvalue weighted by Crippen LogP contribution is 2.29. The van der Waals surface area contributed by atoms with Gasteiger partial charge in [-0.2, -0.15) is 0 Å². The summed E-state index contributed by atoms with van der Waals surface area (Å²) >= 11 is 0. The molecule has 2 aromatic carbocycles. The van der Waals surface area contributed by atoms with E-state index in [-0.39, 0.29) is 48.8 Å². The number of rotatable bonds is 8. The van der Waals surface area contributed by atoms with Crippen molar-refractivity contribution in [3.05, 3.63) is 59.7 Å². The summed E-state index contributed by atoms with van der Waals surface area (Å²) in [6, 6.07) is 13.8. The highest BCUT2D eigenvalue weighted by molar-refractivity contribution is 6.20. The van der Waals surface area contributed by atoms with Crippen molar-refractivity contribution < 1.29 is 28.7 Å². The summed E-state index contributed by atoms with van der Waals surface area (Å²) in [6.07, 6.45) is 2.17. The molecule has 0 N–H and O–H groups in total. The smallest absolute Gasteiger partial charge is 0.338 e. The molecule has 4 rings (SSSR count). The molecular formula is C24H24N2O6. The number of carbonyl (C=O) groups is 4. The molecule has 166 valence electrons. The monoisotopic (exact) mass is 436 g/mol. The fourth-order valence-electron chi connectivity index (χ4n) is 3.66. The van der Waals surface area contributed by atoms with Crippen molar-refractivity contribution in [2.24, 2.45) is 0 Å². The van der Waals surface area contributed by atoms with Gasteiger partial charge in [0, 0.05) is 25.4 Å². The van der Waals surface area contributed by atoms with Gasteiger partial charge >= 0.3 is 5.97 Å². The van der Waals surface area contributed by atoms with Gasteiger partial charge in [0.05, 0.1) is 18.4 Å². The largest absolute Gasteiger partial charge is 0.497 e. The summed E-state index contributed by atoms with van der Waals surface area (Å²) in [5.41, 5.74) is 1.47. The van der Waals surface area contributed by atoms with E-state index in [1.54, 1.807) is 24.1 Å². The lowest BCUT2D eigenvalue weighted by Gasteiger charge is -2.22. The molecule has 1 aliphatic heterocycles. The lowest BCUT2D eigenvalue weighted by Crippen LogP contribution is -2.36. The Morgan fingerprint density at radius 2 is 1.72 bits per heavy atom. The van der Waals surface area contributed by atoms with Gasteiger partial charge < -0.3 is 14.4 Å². The van der Waals surface area contributed by atoms with E-state index < -0.39 is 5.97 Å². The average Bonchev–Trinajstić information content (AvgIpc) is 3.60. The number of benzene rings is 2. The standard InChI is InChI=1S/C24H24N2O6/c1-31-20-9-5-16(6-10-20)14-25(18-7-8-18)23(29)15-32-24(30)17-3-2-4-19(13-17)26-21(27)11-12-22(26)28/h2-6,9-10,13,18H,7-8,11-12,14-15H2,1H3. The minimum Gasteiger partial charge on any atom is -0.497 e. The van der Waals surface area contributed by atoms with Crippen LogP contribution in [0.4, 0.5) is 5.69 Å². The molecule has 0 unspecified atom stereocenters. The Hall–Kier alpha value is -3.68. The molecule has 1 saturated carbocycles. The van der Waals surface area contributed by atoms with Crippen LogP contribution in [0.2, 0.25) is 0 Å². The number of esters is 1. The molecule has 1 saturated heterocycles. The van der Waals surface area contributed by atoms with Crippen molar-refractivity contribution in [2.45, 2.75) is 38.3 Å². The van der Waals surface area contributed by atoms with Crippen LogP contribution in [0.5, 0.6) is 5.75 Å². The zero-order valence-electron chi connectivity index (χ0n) is 17.8. The summed E-state index contributed by atoms with van der Waals surface area (Å²) in [5, 5.41) is 0. The van der Waals surface area contributed by atoms with Gasteiger partial charge in [-0.15, -0.1) is 0 Å². The van der Waals surface area contributed by atoms with Crippen LogP contribution >= 0.6 is 0 Å². The third-order valence-electron chi connectivity index (χ3n) is 5.54. The van der Waals surface area contributed by atoms with Crippen LogP contribution in [0.3, 0.4) is 0 Å². The van der Waals surface area contributed by atoms with Crippen molar-refractivity contribution in [2.75, 3.05) is 18.6 Å². The highest BCUT2D eigenvalue weighted by Gasteiger charge is 2.33. The van der Waals surface area contributed by atoms with E-state index in [0.717, 1.165) is 29.1 Å². The maximum atomic E-state index is 12.8. The van der Waals surface area contributed by atoms with Crippen LogP contribution in [0.1, 0.15) is 41.6 Å². The van der Waals surface area contributed by atoms with Crippen molar-refractivity contribution >= 4 is 29.4 Å². The first-order chi connectivity index (χ1) is 15.5. The molecule has 1 heterocycles. The van der Waals surface area contributed by atoms with Crippen LogP contribution in [-0.4, -0.2) is 48.3 Å². The first kappa shape index (κ1) is 21.5. The first-order valence-electron chi connectivity index (χ1n) is 10.5. The molecule has 8 heteroatoms. The lowest BCUT2D eigenvalue weighted by atomic mass is 10.2. The van der Waals surface area contributed by atoms with Gasteiger partial charge in [-0.1, -0.05) is 18.2 Å². The van der Waals surface area contributed by atoms with Crippen molar-refractivity contribution in [3.8, 4) is 5.75 Å². The Morgan fingerprint density at radius 3 is 2.34 bits per heavy atom. The quantitative estimate of drug-likeness (QED) is 0.467. The highest BCUT2D eigenvalue weighted by atomic mass is 16.5. The van der Waals surface area contributed by atoms with Gasteiger partial charge in [0.15, 0.2) is 6.61 Å². The zero-order valence-corrected chi connectivity index (χ0v) is 17.8. The molecule has 0 bridgehead atoms. The number of hydrogen-bond acceptors (Lipinski definition) is 6. The van der Waals surface area contributed by atoms with Gasteiger partial charge in [-0.25, -0.2) is 4.79 Å². The van der Waals surface area contributed by atoms with Crippen LogP contribution in [-0.2, 0) is 25.7 Å². The predicted molar refractivity (Wildman–Crippen MR) is 115 cm³/mol. The molecule has 0 atom stereocenters. The topological polar surface area (TPSA) is 93.2 Å². The number of anilines is 1. The average molecular weight is 436 g/mol. The van der Waals surface area contributed by atoms with Gasteiger partial charge in [0.1, 0.15) is 5.75 Å². The molecule has 1 aliphatic carbocycles. The van der Waals surface area contributed by atoms with Crippen LogP contribution in [0, 0.1) is 0 Å². The number of methoxy groups -OCH3 is 1. The summed E-state index contributed by atoms with van der Waals surface area (Å²) < 4.78 is 10.4. The maximum Gasteiger partial charge on any atom is 0.338 e. The van der Waals surface area contributed by atoms with Crippen LogP contribution in [0.15, 0.2) is 48.5 Å². The van der Waals surface area contributed by atoms with E-state index >= 15 is 0 Å². The molecule has 2 aromatic rings. The van der Waals surface area contributed by atoms with E-state index in [0.29, 0.717) is 12.2 Å². The summed E-state index contributed by atoms with van der Waals surface area (Å²) in [7, 11) is 1.60. The number of nitrogens with zero attached hydrogens (tertiary/aromatic N) is 2. The van der Waals surface area contributed by atoms with E-state index in [2.05, 4.69) is 0 Å². The zero-order chi connectivity index (χ0) is 22.7. The molecule has 2 fully saturated rings. The first-order valence-corrected chi connectivity index (χ1v) is 10.5. The van der Waals surface area contributed by atoms with Crippen molar-refractivity contribution in [1.29, 1.82) is 0 Å². The Balaban J connectivity index is 1.38. The van der Waals surface area contributed by atoms with Gasteiger partial charge in [0.25, 0.3) is 5.91 Å². The van der Waals surface area contributed by atoms with E-state index in [1.807, 2.05) is 24.3 Å². The minimum absolute atomic E-state index is 0.152. The molecule has 0 spiro atoms. The maximum absolute atomic E-state index is 12.8. The third kappa shape index (κ3) is 4.80. The second-order valence-electron chi connectivity index (χ2n) is 7.85. The SMILES string of the molecule is COc1ccc(CN(C(=O)COC(=O)c2cccc(N3C(=O)CCC3=O)c2)C2CC2)cc1. The number of ether oxygens (including phenoxy) is 2. The number of amides is 3. The van der Waals surface area contributed by atoms with Gasteiger partial charge in [-0.05, 0) is 48.7 Å². The van der Waals surface area contributed by atoms with Crippen molar-refractivity contribution in [1.82, 2.24) is 4.90 Å². The third-order valence-corrected chi connectivity index (χ3v) is 5.54. The minimum atomic E-state index is -0.681. The predicted octanol–water partition coefficient (Wildman–Crippen LogP) is 2.70. The second kappa shape index (κ2) is 9.21. The number of hydrogen-bond donors (Lipinski definition) is 0. The number of carbonyl (C=O) groups excluding carboxylic acids is 4.